The lowest BCUT2D eigenvalue weighted by Gasteiger charge is -2.38. The Morgan fingerprint density at radius 3 is 1.71 bits per heavy atom. The number of nitrogens with one attached hydrogen (secondary N) is 2. The molecule has 1 saturated heterocycles. The highest BCUT2D eigenvalue weighted by molar-refractivity contribution is 5.79. The van der Waals surface area contributed by atoms with Crippen LogP contribution in [0.25, 0.3) is 0 Å². The summed E-state index contributed by atoms with van der Waals surface area (Å²) in [5, 5.41) is 6.31. The van der Waals surface area contributed by atoms with Gasteiger partial charge in [0.25, 0.3) is 0 Å². The van der Waals surface area contributed by atoms with Gasteiger partial charge in [-0.25, -0.2) is 0 Å². The molecule has 0 bridgehead atoms. The zero-order chi connectivity index (χ0) is 17.2. The van der Waals surface area contributed by atoms with Gasteiger partial charge in [-0.1, -0.05) is 13.8 Å². The van der Waals surface area contributed by atoms with Crippen molar-refractivity contribution in [3.63, 3.8) is 0 Å². The minimum absolute atomic E-state index is 0.0594. The van der Waals surface area contributed by atoms with Crippen molar-refractivity contribution in [3.8, 4) is 0 Å². The molecule has 0 aromatic rings. The molecule has 0 aromatic heterocycles. The fraction of sp³-hybridized carbons (Fsp3) is 0.895. The molecule has 3 fully saturated rings. The summed E-state index contributed by atoms with van der Waals surface area (Å²) in [4.78, 5) is 24.6. The van der Waals surface area contributed by atoms with Gasteiger partial charge < -0.3 is 15.4 Å². The van der Waals surface area contributed by atoms with Crippen molar-refractivity contribution in [2.75, 3.05) is 26.3 Å². The number of hydrogen-bond acceptors (Lipinski definition) is 3. The average molecular weight is 336 g/mol. The standard InChI is InChI=1S/C19H32N2O3/c1-13(15-3-4-15)17(22)20-11-19(7-9-24-10-8-19)12-21-18(23)14(2)16-5-6-16/h13-16H,3-12H2,1-2H3,(H,20,22)(H,21,23). The molecule has 3 aliphatic rings. The van der Waals surface area contributed by atoms with Crippen LogP contribution in [0.15, 0.2) is 0 Å². The summed E-state index contributed by atoms with van der Waals surface area (Å²) >= 11 is 0. The van der Waals surface area contributed by atoms with E-state index in [1.807, 2.05) is 13.8 Å². The SMILES string of the molecule is CC(C(=O)NCC1(CNC(=O)C(C)C2CC2)CCOCC1)C1CC1. The third-order valence-corrected chi connectivity index (χ3v) is 6.31. The molecule has 2 atom stereocenters. The van der Waals surface area contributed by atoms with E-state index >= 15 is 0 Å². The van der Waals surface area contributed by atoms with Crippen molar-refractivity contribution in [1.82, 2.24) is 10.6 Å². The normalized spacial score (nSPS) is 25.6. The third-order valence-electron chi connectivity index (χ3n) is 6.31. The van der Waals surface area contributed by atoms with Crippen LogP contribution >= 0.6 is 0 Å². The summed E-state index contributed by atoms with van der Waals surface area (Å²) in [6.45, 7) is 6.77. The van der Waals surface area contributed by atoms with Crippen molar-refractivity contribution in [3.05, 3.63) is 0 Å². The Bertz CT molecular complexity index is 429. The van der Waals surface area contributed by atoms with Crippen LogP contribution in [0.2, 0.25) is 0 Å². The van der Waals surface area contributed by atoms with Crippen molar-refractivity contribution >= 4 is 11.8 Å². The van der Waals surface area contributed by atoms with Crippen LogP contribution in [0, 0.1) is 29.1 Å². The van der Waals surface area contributed by atoms with E-state index in [9.17, 15) is 9.59 Å². The maximum Gasteiger partial charge on any atom is 0.223 e. The molecule has 2 aliphatic carbocycles. The first-order valence-electron chi connectivity index (χ1n) is 9.64. The van der Waals surface area contributed by atoms with Gasteiger partial charge in [-0.3, -0.25) is 9.59 Å². The Morgan fingerprint density at radius 1 is 0.917 bits per heavy atom. The zero-order valence-corrected chi connectivity index (χ0v) is 15.1. The van der Waals surface area contributed by atoms with Crippen LogP contribution in [0.1, 0.15) is 52.4 Å². The fourth-order valence-electron chi connectivity index (χ4n) is 3.71. The van der Waals surface area contributed by atoms with Gasteiger partial charge in [0, 0.05) is 43.6 Å². The maximum absolute atomic E-state index is 12.3. The Kier molecular flexibility index (Phi) is 5.48. The number of carbonyl (C=O) groups excluding carboxylic acids is 2. The topological polar surface area (TPSA) is 67.4 Å². The van der Waals surface area contributed by atoms with Gasteiger partial charge in [-0.05, 0) is 50.4 Å². The van der Waals surface area contributed by atoms with Gasteiger partial charge in [0.1, 0.15) is 0 Å². The third kappa shape index (κ3) is 4.50. The monoisotopic (exact) mass is 336 g/mol. The van der Waals surface area contributed by atoms with E-state index < -0.39 is 0 Å². The molecule has 1 aliphatic heterocycles. The van der Waals surface area contributed by atoms with E-state index in [0.717, 1.165) is 12.8 Å². The van der Waals surface area contributed by atoms with Crippen molar-refractivity contribution in [2.24, 2.45) is 29.1 Å². The first-order valence-corrected chi connectivity index (χ1v) is 9.64. The van der Waals surface area contributed by atoms with Crippen LogP contribution in [0.3, 0.4) is 0 Å². The van der Waals surface area contributed by atoms with Gasteiger partial charge in [-0.15, -0.1) is 0 Å². The second-order valence-corrected chi connectivity index (χ2v) is 8.30. The molecule has 1 heterocycles. The van der Waals surface area contributed by atoms with E-state index in [2.05, 4.69) is 10.6 Å². The molecule has 5 nitrogen and oxygen atoms in total. The lowest BCUT2D eigenvalue weighted by molar-refractivity contribution is -0.126. The predicted molar refractivity (Wildman–Crippen MR) is 92.3 cm³/mol. The highest BCUT2D eigenvalue weighted by Gasteiger charge is 2.38. The van der Waals surface area contributed by atoms with Gasteiger partial charge in [0.05, 0.1) is 0 Å². The molecule has 2 amide bonds. The second-order valence-electron chi connectivity index (χ2n) is 8.30. The van der Waals surface area contributed by atoms with Crippen molar-refractivity contribution < 1.29 is 14.3 Å². The minimum Gasteiger partial charge on any atom is -0.381 e. The molecule has 2 N–H and O–H groups in total. The number of rotatable bonds is 8. The van der Waals surface area contributed by atoms with E-state index in [1.165, 1.54) is 25.7 Å². The van der Waals surface area contributed by atoms with Crippen LogP contribution in [-0.2, 0) is 14.3 Å². The van der Waals surface area contributed by atoms with Gasteiger partial charge >= 0.3 is 0 Å². The lowest BCUT2D eigenvalue weighted by atomic mass is 9.79. The quantitative estimate of drug-likeness (QED) is 0.713. The minimum atomic E-state index is -0.0594. The van der Waals surface area contributed by atoms with E-state index in [4.69, 9.17) is 4.74 Å². The fourth-order valence-corrected chi connectivity index (χ4v) is 3.71. The molecule has 5 heteroatoms. The van der Waals surface area contributed by atoms with Gasteiger partial charge in [-0.2, -0.15) is 0 Å². The number of amides is 2. The Labute approximate surface area is 145 Å². The molecule has 2 saturated carbocycles. The summed E-state index contributed by atoms with van der Waals surface area (Å²) in [5.41, 5.74) is -0.0594. The molecule has 24 heavy (non-hydrogen) atoms. The smallest absolute Gasteiger partial charge is 0.223 e. The summed E-state index contributed by atoms with van der Waals surface area (Å²) < 4.78 is 5.50. The highest BCUT2D eigenvalue weighted by Crippen LogP contribution is 2.38. The first kappa shape index (κ1) is 17.7. The van der Waals surface area contributed by atoms with E-state index in [-0.39, 0.29) is 29.1 Å². The molecule has 0 spiro atoms. The Balaban J connectivity index is 1.51. The molecular weight excluding hydrogens is 304 g/mol. The Hall–Kier alpha value is -1.10. The second kappa shape index (κ2) is 7.42. The average Bonchev–Trinajstić information content (AvgIpc) is 3.49. The van der Waals surface area contributed by atoms with E-state index in [1.54, 1.807) is 0 Å². The molecular formula is C19H32N2O3. The predicted octanol–water partition coefficient (Wildman–Crippen LogP) is 2.11. The number of ether oxygens (including phenoxy) is 1. The van der Waals surface area contributed by atoms with Crippen molar-refractivity contribution in [1.29, 1.82) is 0 Å². The number of hydrogen-bond donors (Lipinski definition) is 2. The highest BCUT2D eigenvalue weighted by atomic mass is 16.5. The summed E-state index contributed by atoms with van der Waals surface area (Å²) in [5.74, 6) is 1.73. The molecule has 136 valence electrons. The molecule has 0 aromatic carbocycles. The van der Waals surface area contributed by atoms with Crippen LogP contribution < -0.4 is 10.6 Å². The van der Waals surface area contributed by atoms with Crippen LogP contribution in [0.4, 0.5) is 0 Å². The van der Waals surface area contributed by atoms with Gasteiger partial charge in [0.2, 0.25) is 11.8 Å². The van der Waals surface area contributed by atoms with E-state index in [0.29, 0.717) is 38.1 Å². The summed E-state index contributed by atoms with van der Waals surface area (Å²) in [6, 6.07) is 0. The number of carbonyl (C=O) groups is 2. The molecule has 2 unspecified atom stereocenters. The zero-order valence-electron chi connectivity index (χ0n) is 15.1. The van der Waals surface area contributed by atoms with Gasteiger partial charge in [0.15, 0.2) is 0 Å². The lowest BCUT2D eigenvalue weighted by Crippen LogP contribution is -2.50. The Morgan fingerprint density at radius 2 is 1.33 bits per heavy atom. The van der Waals surface area contributed by atoms with Crippen molar-refractivity contribution in [2.45, 2.75) is 52.4 Å². The summed E-state index contributed by atoms with van der Waals surface area (Å²) in [7, 11) is 0. The molecule has 0 radical (unpaired) electrons. The first-order chi connectivity index (χ1) is 11.5. The largest absolute Gasteiger partial charge is 0.381 e. The molecule has 3 rings (SSSR count). The summed E-state index contributed by atoms with van der Waals surface area (Å²) in [6.07, 6.45) is 6.52. The maximum atomic E-state index is 12.3. The van der Waals surface area contributed by atoms with Crippen LogP contribution in [0.5, 0.6) is 0 Å². The van der Waals surface area contributed by atoms with Crippen LogP contribution in [-0.4, -0.2) is 38.1 Å².